The highest BCUT2D eigenvalue weighted by Crippen LogP contribution is 2.13. The van der Waals surface area contributed by atoms with E-state index in [4.69, 9.17) is 4.74 Å². The van der Waals surface area contributed by atoms with Gasteiger partial charge in [-0.25, -0.2) is 0 Å². The molecule has 0 aliphatic heterocycles. The van der Waals surface area contributed by atoms with Crippen molar-refractivity contribution in [2.75, 3.05) is 33.9 Å². The normalized spacial score (nSPS) is 10.4. The highest BCUT2D eigenvalue weighted by atomic mass is 16.5. The molecule has 0 spiro atoms. The third-order valence-corrected chi connectivity index (χ3v) is 3.76. The van der Waals surface area contributed by atoms with Gasteiger partial charge in [0.15, 0.2) is 0 Å². The van der Waals surface area contributed by atoms with Crippen LogP contribution in [0.2, 0.25) is 0 Å². The van der Waals surface area contributed by atoms with Crippen LogP contribution in [0.3, 0.4) is 0 Å². The largest absolute Gasteiger partial charge is 0.385 e. The van der Waals surface area contributed by atoms with Crippen molar-refractivity contribution in [3.05, 3.63) is 34.9 Å². The van der Waals surface area contributed by atoms with Gasteiger partial charge in [-0.1, -0.05) is 23.8 Å². The minimum atomic E-state index is -0.136. The summed E-state index contributed by atoms with van der Waals surface area (Å²) in [7, 11) is 3.29. The third kappa shape index (κ3) is 7.28. The number of nitrogens with zero attached hydrogens (tertiary/aromatic N) is 1. The second-order valence-electron chi connectivity index (χ2n) is 5.88. The predicted octanol–water partition coefficient (Wildman–Crippen LogP) is 1.85. The summed E-state index contributed by atoms with van der Waals surface area (Å²) in [5.41, 5.74) is 3.61. The van der Waals surface area contributed by atoms with Crippen molar-refractivity contribution >= 4 is 11.8 Å². The van der Waals surface area contributed by atoms with Crippen LogP contribution >= 0.6 is 0 Å². The molecule has 0 saturated heterocycles. The molecule has 0 radical (unpaired) electrons. The molecule has 23 heavy (non-hydrogen) atoms. The molecular weight excluding hydrogens is 292 g/mol. The Bertz CT molecular complexity index is 529. The van der Waals surface area contributed by atoms with Gasteiger partial charge in [0, 0.05) is 33.7 Å². The van der Waals surface area contributed by atoms with E-state index in [2.05, 4.69) is 37.4 Å². The number of nitrogens with one attached hydrogen (secondary N) is 1. The molecule has 128 valence electrons. The number of methoxy groups -OCH3 is 1. The van der Waals surface area contributed by atoms with Gasteiger partial charge < -0.3 is 15.0 Å². The van der Waals surface area contributed by atoms with E-state index >= 15 is 0 Å². The van der Waals surface area contributed by atoms with Crippen LogP contribution in [-0.4, -0.2) is 50.6 Å². The lowest BCUT2D eigenvalue weighted by atomic mass is 10.0. The monoisotopic (exact) mass is 320 g/mol. The first-order valence-electron chi connectivity index (χ1n) is 7.99. The van der Waals surface area contributed by atoms with E-state index in [1.807, 2.05) is 0 Å². The Balaban J connectivity index is 2.34. The van der Waals surface area contributed by atoms with E-state index in [-0.39, 0.29) is 18.4 Å². The fourth-order valence-corrected chi connectivity index (χ4v) is 2.36. The number of hydrogen-bond acceptors (Lipinski definition) is 3. The summed E-state index contributed by atoms with van der Waals surface area (Å²) >= 11 is 0. The molecule has 0 aliphatic rings. The minimum absolute atomic E-state index is 0.0167. The molecule has 0 heterocycles. The Morgan fingerprint density at radius 2 is 2.00 bits per heavy atom. The number of carbonyl (C=O) groups is 2. The summed E-state index contributed by atoms with van der Waals surface area (Å²) in [4.78, 5) is 25.4. The number of hydrogen-bond donors (Lipinski definition) is 1. The van der Waals surface area contributed by atoms with Crippen molar-refractivity contribution in [3.63, 3.8) is 0 Å². The van der Waals surface area contributed by atoms with Gasteiger partial charge in [0.05, 0.1) is 6.54 Å². The standard InChI is InChI=1S/C18H28N2O3/c1-14-6-7-16(15(2)12-14)8-9-18(22)20(3)13-17(21)19-10-5-11-23-4/h6-7,12H,5,8-11,13H2,1-4H3,(H,19,21). The number of carbonyl (C=O) groups excluding carboxylic acids is 2. The predicted molar refractivity (Wildman–Crippen MR) is 91.4 cm³/mol. The average Bonchev–Trinajstić information content (AvgIpc) is 2.50. The molecule has 1 N–H and O–H groups in total. The molecule has 0 fully saturated rings. The van der Waals surface area contributed by atoms with E-state index in [0.717, 1.165) is 6.42 Å². The van der Waals surface area contributed by atoms with E-state index in [9.17, 15) is 9.59 Å². The number of likely N-dealkylation sites (N-methyl/N-ethyl adjacent to an activating group) is 1. The lowest BCUT2D eigenvalue weighted by Gasteiger charge is -2.17. The highest BCUT2D eigenvalue weighted by molar-refractivity contribution is 5.84. The summed E-state index contributed by atoms with van der Waals surface area (Å²) in [6.45, 7) is 5.39. The van der Waals surface area contributed by atoms with Crippen LogP contribution < -0.4 is 5.32 Å². The summed E-state index contributed by atoms with van der Waals surface area (Å²) in [6, 6.07) is 6.25. The topological polar surface area (TPSA) is 58.6 Å². The molecule has 0 bridgehead atoms. The maximum Gasteiger partial charge on any atom is 0.239 e. The summed E-state index contributed by atoms with van der Waals surface area (Å²) in [5, 5.41) is 2.78. The molecule has 5 heteroatoms. The smallest absolute Gasteiger partial charge is 0.239 e. The molecular formula is C18H28N2O3. The summed E-state index contributed by atoms with van der Waals surface area (Å²) in [6.07, 6.45) is 1.88. The first kappa shape index (κ1) is 19.2. The van der Waals surface area contributed by atoms with Gasteiger partial charge in [0.2, 0.25) is 11.8 Å². The van der Waals surface area contributed by atoms with Crippen LogP contribution in [0.4, 0.5) is 0 Å². The van der Waals surface area contributed by atoms with Gasteiger partial charge in [-0.05, 0) is 37.8 Å². The molecule has 5 nitrogen and oxygen atoms in total. The lowest BCUT2D eigenvalue weighted by molar-refractivity contribution is -0.134. The zero-order valence-corrected chi connectivity index (χ0v) is 14.6. The molecule has 0 aliphatic carbocycles. The lowest BCUT2D eigenvalue weighted by Crippen LogP contribution is -2.38. The van der Waals surface area contributed by atoms with Crippen molar-refractivity contribution in [2.45, 2.75) is 33.1 Å². The maximum absolute atomic E-state index is 12.1. The van der Waals surface area contributed by atoms with Crippen LogP contribution in [0, 0.1) is 13.8 Å². The summed E-state index contributed by atoms with van der Waals surface area (Å²) < 4.78 is 4.92. The van der Waals surface area contributed by atoms with Crippen molar-refractivity contribution in [1.29, 1.82) is 0 Å². The van der Waals surface area contributed by atoms with E-state index < -0.39 is 0 Å². The van der Waals surface area contributed by atoms with E-state index in [1.165, 1.54) is 21.6 Å². The molecule has 1 rings (SSSR count). The Kier molecular flexibility index (Phi) is 8.33. The first-order chi connectivity index (χ1) is 10.9. The Morgan fingerprint density at radius 3 is 2.65 bits per heavy atom. The van der Waals surface area contributed by atoms with Crippen LogP contribution in [-0.2, 0) is 20.7 Å². The highest BCUT2D eigenvalue weighted by Gasteiger charge is 2.13. The second-order valence-corrected chi connectivity index (χ2v) is 5.88. The quantitative estimate of drug-likeness (QED) is 0.707. The Labute approximate surface area is 139 Å². The van der Waals surface area contributed by atoms with Crippen LogP contribution in [0.5, 0.6) is 0 Å². The van der Waals surface area contributed by atoms with Gasteiger partial charge in [-0.15, -0.1) is 0 Å². The molecule has 2 amide bonds. The second kappa shape index (κ2) is 10.0. The van der Waals surface area contributed by atoms with Gasteiger partial charge >= 0.3 is 0 Å². The van der Waals surface area contributed by atoms with Gasteiger partial charge in [0.25, 0.3) is 0 Å². The molecule has 1 aromatic rings. The number of amides is 2. The number of benzene rings is 1. The minimum Gasteiger partial charge on any atom is -0.385 e. The van der Waals surface area contributed by atoms with Crippen LogP contribution in [0.15, 0.2) is 18.2 Å². The van der Waals surface area contributed by atoms with Crippen molar-refractivity contribution < 1.29 is 14.3 Å². The Morgan fingerprint density at radius 1 is 1.26 bits per heavy atom. The summed E-state index contributed by atoms with van der Waals surface area (Å²) in [5.74, 6) is -0.152. The average molecular weight is 320 g/mol. The molecule has 0 aromatic heterocycles. The Hall–Kier alpha value is -1.88. The fraction of sp³-hybridized carbons (Fsp3) is 0.556. The van der Waals surface area contributed by atoms with Crippen molar-refractivity contribution in [3.8, 4) is 0 Å². The molecule has 0 saturated carbocycles. The number of ether oxygens (including phenoxy) is 1. The zero-order chi connectivity index (χ0) is 17.2. The molecule has 0 atom stereocenters. The molecule has 1 aromatic carbocycles. The van der Waals surface area contributed by atoms with Gasteiger partial charge in [-0.2, -0.15) is 0 Å². The van der Waals surface area contributed by atoms with Gasteiger partial charge in [-0.3, -0.25) is 9.59 Å². The van der Waals surface area contributed by atoms with Crippen LogP contribution in [0.25, 0.3) is 0 Å². The zero-order valence-electron chi connectivity index (χ0n) is 14.6. The van der Waals surface area contributed by atoms with E-state index in [1.54, 1.807) is 14.2 Å². The third-order valence-electron chi connectivity index (χ3n) is 3.76. The SMILES string of the molecule is COCCCNC(=O)CN(C)C(=O)CCc1ccc(C)cc1C. The van der Waals surface area contributed by atoms with Crippen molar-refractivity contribution in [1.82, 2.24) is 10.2 Å². The maximum atomic E-state index is 12.1. The number of rotatable bonds is 9. The van der Waals surface area contributed by atoms with Crippen molar-refractivity contribution in [2.24, 2.45) is 0 Å². The number of aryl methyl sites for hydroxylation is 3. The fourth-order valence-electron chi connectivity index (χ4n) is 2.36. The van der Waals surface area contributed by atoms with Crippen LogP contribution in [0.1, 0.15) is 29.5 Å². The van der Waals surface area contributed by atoms with E-state index in [0.29, 0.717) is 26.0 Å². The molecule has 0 unspecified atom stereocenters. The van der Waals surface area contributed by atoms with Gasteiger partial charge in [0.1, 0.15) is 0 Å². The first-order valence-corrected chi connectivity index (χ1v) is 7.99.